The fourth-order valence-electron chi connectivity index (χ4n) is 6.53. The lowest BCUT2D eigenvalue weighted by atomic mass is 9.65. The molecule has 0 saturated carbocycles. The number of hydrogen-bond acceptors (Lipinski definition) is 8. The maximum atomic E-state index is 13.9. The molecule has 218 valence electrons. The number of fused-ring (bicyclic) bond motifs is 1. The van der Waals surface area contributed by atoms with E-state index < -0.39 is 11.0 Å². The largest absolute Gasteiger partial charge is 0.392 e. The van der Waals surface area contributed by atoms with Gasteiger partial charge in [0.15, 0.2) is 0 Å². The molecule has 3 fully saturated rings. The molecule has 3 saturated heterocycles. The van der Waals surface area contributed by atoms with E-state index in [-0.39, 0.29) is 23.3 Å². The highest BCUT2D eigenvalue weighted by Gasteiger charge is 2.47. The number of hydrogen-bond donors (Lipinski definition) is 2. The summed E-state index contributed by atoms with van der Waals surface area (Å²) >= 11 is 0. The van der Waals surface area contributed by atoms with E-state index in [0.29, 0.717) is 49.9 Å². The normalized spacial score (nSPS) is 29.3. The van der Waals surface area contributed by atoms with Gasteiger partial charge in [0.25, 0.3) is 0 Å². The Kier molecular flexibility index (Phi) is 8.41. The van der Waals surface area contributed by atoms with Crippen molar-refractivity contribution < 1.29 is 18.4 Å². The van der Waals surface area contributed by atoms with E-state index in [2.05, 4.69) is 20.9 Å². The molecule has 2 aromatic rings. The van der Waals surface area contributed by atoms with Crippen LogP contribution < -0.4 is 4.90 Å². The third-order valence-corrected chi connectivity index (χ3v) is 10.1. The molecule has 11 heteroatoms. The van der Waals surface area contributed by atoms with Crippen LogP contribution in [-0.4, -0.2) is 101 Å². The standard InChI is InChI=1S/C30H37FN6O3S/c31-24-1-3-25(4-2-24)34-28-15-23-7-10-37(21-30(23,16-22(28)17-32)20-35-9-8-26(38)19-35)41(39)27-5-6-29(33-18-27)36-11-13-40-14-12-36/h1-6,15,17-18,22,26,32,38H,7-14,16,19-21H2. The number of benzene rings is 1. The zero-order valence-corrected chi connectivity index (χ0v) is 23.9. The quantitative estimate of drug-likeness (QED) is 0.488. The molecule has 4 aliphatic rings. The fourth-order valence-corrected chi connectivity index (χ4v) is 7.78. The molecule has 6 rings (SSSR count). The van der Waals surface area contributed by atoms with Crippen LogP contribution in [0, 0.1) is 22.6 Å². The Morgan fingerprint density at radius 1 is 1.17 bits per heavy atom. The molecule has 4 heterocycles. The minimum absolute atomic E-state index is 0.223. The predicted octanol–water partition coefficient (Wildman–Crippen LogP) is 3.21. The van der Waals surface area contributed by atoms with E-state index in [4.69, 9.17) is 15.1 Å². The maximum absolute atomic E-state index is 13.9. The second-order valence-corrected chi connectivity index (χ2v) is 12.9. The highest BCUT2D eigenvalue weighted by molar-refractivity contribution is 7.82. The van der Waals surface area contributed by atoms with E-state index in [9.17, 15) is 13.7 Å². The summed E-state index contributed by atoms with van der Waals surface area (Å²) in [5, 5.41) is 18.5. The number of rotatable bonds is 7. The van der Waals surface area contributed by atoms with Gasteiger partial charge in [0.1, 0.15) is 22.6 Å². The number of halogens is 1. The molecule has 2 N–H and O–H groups in total. The third-order valence-electron chi connectivity index (χ3n) is 8.66. The molecule has 0 spiro atoms. The van der Waals surface area contributed by atoms with Gasteiger partial charge in [-0.15, -0.1) is 0 Å². The second-order valence-electron chi connectivity index (χ2n) is 11.4. The number of morpholine rings is 1. The number of nitrogens with zero attached hydrogens (tertiary/aromatic N) is 5. The van der Waals surface area contributed by atoms with Gasteiger partial charge in [-0.1, -0.05) is 5.57 Å². The molecule has 1 aliphatic carbocycles. The van der Waals surface area contributed by atoms with Crippen LogP contribution in [0.3, 0.4) is 0 Å². The molecule has 0 radical (unpaired) electrons. The third kappa shape index (κ3) is 6.19. The molecule has 9 nitrogen and oxygen atoms in total. The SMILES string of the molecule is N=CC1CC2(CN3CCC(O)C3)CN(S(=O)c3ccc(N4CCOCC4)nc3)CCC2=CC1=Nc1ccc(F)cc1. The lowest BCUT2D eigenvalue weighted by Gasteiger charge is -2.49. The smallest absolute Gasteiger partial charge is 0.129 e. The minimum Gasteiger partial charge on any atom is -0.392 e. The average molecular weight is 581 g/mol. The minimum atomic E-state index is -1.38. The summed E-state index contributed by atoms with van der Waals surface area (Å²) in [5.74, 6) is 0.341. The molecule has 4 atom stereocenters. The second kappa shape index (κ2) is 12.2. The van der Waals surface area contributed by atoms with E-state index >= 15 is 0 Å². The van der Waals surface area contributed by atoms with Crippen molar-refractivity contribution in [3.8, 4) is 0 Å². The molecule has 0 bridgehead atoms. The number of ether oxygens (including phenoxy) is 1. The Labute approximate surface area is 242 Å². The average Bonchev–Trinajstić information content (AvgIpc) is 3.41. The van der Waals surface area contributed by atoms with Gasteiger partial charge in [-0.3, -0.25) is 9.89 Å². The first-order chi connectivity index (χ1) is 19.9. The molecule has 0 amide bonds. The number of aromatic nitrogens is 1. The number of β-amino-alcohol motifs (C(OH)–C–C–N with tert-alkyl or cyclic N) is 1. The summed E-state index contributed by atoms with van der Waals surface area (Å²) in [5.41, 5.74) is 2.37. The van der Waals surface area contributed by atoms with Crippen LogP contribution in [0.4, 0.5) is 15.9 Å². The first kappa shape index (κ1) is 28.3. The summed E-state index contributed by atoms with van der Waals surface area (Å²) in [7, 11) is -1.38. The van der Waals surface area contributed by atoms with Gasteiger partial charge in [0.2, 0.25) is 0 Å². The van der Waals surface area contributed by atoms with Gasteiger partial charge in [0, 0.05) is 75.3 Å². The number of piperidine rings is 1. The first-order valence-electron chi connectivity index (χ1n) is 14.3. The molecule has 41 heavy (non-hydrogen) atoms. The van der Waals surface area contributed by atoms with Crippen LogP contribution >= 0.6 is 0 Å². The van der Waals surface area contributed by atoms with Gasteiger partial charge < -0.3 is 20.2 Å². The number of likely N-dealkylation sites (tertiary alicyclic amines) is 1. The highest BCUT2D eigenvalue weighted by atomic mass is 32.2. The number of nitrogens with one attached hydrogen (secondary N) is 1. The van der Waals surface area contributed by atoms with E-state index in [1.165, 1.54) is 23.9 Å². The number of anilines is 1. The van der Waals surface area contributed by atoms with Crippen molar-refractivity contribution in [1.29, 1.82) is 5.41 Å². The predicted molar refractivity (Wildman–Crippen MR) is 158 cm³/mol. The summed E-state index contributed by atoms with van der Waals surface area (Å²) in [4.78, 5) is 14.6. The van der Waals surface area contributed by atoms with Crippen LogP contribution in [0.25, 0.3) is 0 Å². The summed E-state index contributed by atoms with van der Waals surface area (Å²) in [6.45, 7) is 6.34. The zero-order valence-electron chi connectivity index (χ0n) is 23.1. The molecule has 1 aromatic heterocycles. The lowest BCUT2D eigenvalue weighted by molar-refractivity contribution is 0.118. The van der Waals surface area contributed by atoms with E-state index in [1.807, 2.05) is 16.4 Å². The lowest BCUT2D eigenvalue weighted by Crippen LogP contribution is -2.53. The summed E-state index contributed by atoms with van der Waals surface area (Å²) in [6.07, 6.45) is 7.10. The molecular weight excluding hydrogens is 543 g/mol. The van der Waals surface area contributed by atoms with Crippen molar-refractivity contribution in [2.75, 3.05) is 63.9 Å². The highest BCUT2D eigenvalue weighted by Crippen LogP contribution is 2.46. The molecule has 1 aromatic carbocycles. The van der Waals surface area contributed by atoms with Crippen molar-refractivity contribution >= 4 is 34.4 Å². The van der Waals surface area contributed by atoms with Crippen LogP contribution in [-0.2, 0) is 15.7 Å². The fraction of sp³-hybridized carbons (Fsp3) is 0.500. The number of aliphatic hydroxyl groups is 1. The van der Waals surface area contributed by atoms with Gasteiger partial charge in [-0.2, -0.15) is 0 Å². The maximum Gasteiger partial charge on any atom is 0.129 e. The van der Waals surface area contributed by atoms with E-state index in [1.54, 1.807) is 18.3 Å². The molecule has 4 unspecified atom stereocenters. The van der Waals surface area contributed by atoms with Gasteiger partial charge in [0.05, 0.1) is 29.9 Å². The topological polar surface area (TPSA) is 105 Å². The number of pyridine rings is 1. The Bertz CT molecular complexity index is 1330. The Morgan fingerprint density at radius 2 is 1.98 bits per heavy atom. The van der Waals surface area contributed by atoms with Crippen molar-refractivity contribution in [3.05, 3.63) is 60.1 Å². The van der Waals surface area contributed by atoms with Crippen LogP contribution in [0.5, 0.6) is 0 Å². The number of aliphatic imine (C=N–C) groups is 1. The van der Waals surface area contributed by atoms with Crippen LogP contribution in [0.2, 0.25) is 0 Å². The van der Waals surface area contributed by atoms with Crippen molar-refractivity contribution in [2.24, 2.45) is 16.3 Å². The molecular formula is C30H37FN6O3S. The van der Waals surface area contributed by atoms with Crippen LogP contribution in [0.15, 0.2) is 64.1 Å². The van der Waals surface area contributed by atoms with Gasteiger partial charge in [-0.25, -0.2) is 17.9 Å². The van der Waals surface area contributed by atoms with Gasteiger partial charge >= 0.3 is 0 Å². The van der Waals surface area contributed by atoms with Gasteiger partial charge in [-0.05, 0) is 61.7 Å². The number of allylic oxidation sites excluding steroid dienone is 1. The van der Waals surface area contributed by atoms with Crippen molar-refractivity contribution in [1.82, 2.24) is 14.2 Å². The summed E-state index contributed by atoms with van der Waals surface area (Å²) < 4.78 is 34.8. The Hall–Kier alpha value is -2.83. The zero-order chi connectivity index (χ0) is 28.4. The Balaban J connectivity index is 1.27. The first-order valence-corrected chi connectivity index (χ1v) is 15.4. The van der Waals surface area contributed by atoms with Crippen LogP contribution in [0.1, 0.15) is 19.3 Å². The van der Waals surface area contributed by atoms with Crippen molar-refractivity contribution in [2.45, 2.75) is 30.3 Å². The van der Waals surface area contributed by atoms with Crippen molar-refractivity contribution in [3.63, 3.8) is 0 Å². The Morgan fingerprint density at radius 3 is 2.66 bits per heavy atom. The monoisotopic (exact) mass is 580 g/mol. The van der Waals surface area contributed by atoms with E-state index in [0.717, 1.165) is 50.6 Å². The molecule has 3 aliphatic heterocycles. The summed E-state index contributed by atoms with van der Waals surface area (Å²) in [6, 6.07) is 9.96. The number of aliphatic hydroxyl groups excluding tert-OH is 1.